The zero-order chi connectivity index (χ0) is 40.3. The highest BCUT2D eigenvalue weighted by Gasteiger charge is 2.76. The Morgan fingerprint density at radius 2 is 1.82 bits per heavy atom. The zero-order valence-corrected chi connectivity index (χ0v) is 34.8. The number of carbonyl (C=O) groups is 3. The van der Waals surface area contributed by atoms with Gasteiger partial charge in [-0.2, -0.15) is 0 Å². The Kier molecular flexibility index (Phi) is 11.0. The Morgan fingerprint density at radius 1 is 1.04 bits per heavy atom. The zero-order valence-electron chi connectivity index (χ0n) is 33.3. The van der Waals surface area contributed by atoms with Crippen LogP contribution in [0.4, 0.5) is 4.39 Å². The molecule has 3 fully saturated rings. The SMILES string of the molecule is CC1=CCC[C@@]2(C)[C@@H](CC[C@@]2(O)CN(CCc2cccs2)C(=O)[C@@]23CC[C@@](C)(C(=O)O2)C3(C)C)c2ccc(cc2C(=O)Cc2c(F)cccc2Cl)C[C@@H](O)CC1. The molecule has 2 N–H and O–H groups in total. The van der Waals surface area contributed by atoms with Crippen molar-refractivity contribution in [2.24, 2.45) is 16.2 Å². The van der Waals surface area contributed by atoms with Gasteiger partial charge in [-0.1, -0.05) is 68.3 Å². The van der Waals surface area contributed by atoms with Gasteiger partial charge in [-0.15, -0.1) is 11.3 Å². The molecule has 3 aromatic rings. The molecule has 4 aliphatic carbocycles. The molecule has 1 aromatic heterocycles. The quantitative estimate of drug-likeness (QED) is 0.127. The molecule has 7 nitrogen and oxygen atoms in total. The highest BCUT2D eigenvalue weighted by Crippen LogP contribution is 2.66. The maximum absolute atomic E-state index is 15.1. The third-order valence-electron chi connectivity index (χ3n) is 14.7. The number of ketones is 1. The van der Waals surface area contributed by atoms with Gasteiger partial charge in [0.05, 0.1) is 23.7 Å². The molecule has 2 heterocycles. The number of benzene rings is 2. The van der Waals surface area contributed by atoms with Crippen molar-refractivity contribution >= 4 is 40.6 Å². The fourth-order valence-corrected chi connectivity index (χ4v) is 11.4. The maximum Gasteiger partial charge on any atom is 0.313 e. The van der Waals surface area contributed by atoms with E-state index in [1.54, 1.807) is 22.3 Å². The minimum Gasteiger partial charge on any atom is -0.448 e. The molecule has 0 radical (unpaired) electrons. The Labute approximate surface area is 339 Å². The van der Waals surface area contributed by atoms with Gasteiger partial charge in [-0.25, -0.2) is 4.39 Å². The lowest BCUT2D eigenvalue weighted by molar-refractivity contribution is -0.177. The Bertz CT molecular complexity index is 2030. The first-order chi connectivity index (χ1) is 26.4. The highest BCUT2D eigenvalue weighted by molar-refractivity contribution is 7.09. The molecule has 4 bridgehead atoms. The van der Waals surface area contributed by atoms with Crippen LogP contribution in [0.3, 0.4) is 0 Å². The monoisotopic (exact) mass is 803 g/mol. The second-order valence-electron chi connectivity index (χ2n) is 18.0. The first-order valence-corrected chi connectivity index (χ1v) is 21.4. The van der Waals surface area contributed by atoms with Gasteiger partial charge in [-0.3, -0.25) is 14.4 Å². The molecular formula is C46H55ClFNO6S. The number of allylic oxidation sites excluding steroid dienone is 2. The average Bonchev–Trinajstić information content (AvgIpc) is 3.85. The number of halogens is 2. The molecule has 10 heteroatoms. The van der Waals surface area contributed by atoms with Crippen molar-refractivity contribution in [1.29, 1.82) is 0 Å². The number of rotatable bonds is 9. The molecule has 0 spiro atoms. The van der Waals surface area contributed by atoms with Crippen molar-refractivity contribution in [3.63, 3.8) is 0 Å². The number of thiophene rings is 1. The normalized spacial score (nSPS) is 31.1. The van der Waals surface area contributed by atoms with E-state index in [0.29, 0.717) is 76.3 Å². The lowest BCUT2D eigenvalue weighted by Gasteiger charge is -2.47. The highest BCUT2D eigenvalue weighted by atomic mass is 35.5. The number of Topliss-reactive ketones (excluding diaryl/α,β-unsaturated/α-hetero) is 1. The number of esters is 1. The number of hydrogen-bond donors (Lipinski definition) is 2. The topological polar surface area (TPSA) is 104 Å². The van der Waals surface area contributed by atoms with Gasteiger partial charge >= 0.3 is 5.97 Å². The molecule has 56 heavy (non-hydrogen) atoms. The predicted octanol–water partition coefficient (Wildman–Crippen LogP) is 9.20. The summed E-state index contributed by atoms with van der Waals surface area (Å²) in [5.74, 6) is -1.73. The van der Waals surface area contributed by atoms with Crippen molar-refractivity contribution in [3.8, 4) is 0 Å². The van der Waals surface area contributed by atoms with Crippen molar-refractivity contribution in [1.82, 2.24) is 4.90 Å². The Morgan fingerprint density at radius 3 is 2.50 bits per heavy atom. The van der Waals surface area contributed by atoms with Gasteiger partial charge in [0.15, 0.2) is 11.4 Å². The third kappa shape index (κ3) is 6.78. The van der Waals surface area contributed by atoms with E-state index in [0.717, 1.165) is 21.6 Å². The fraction of sp³-hybridized carbons (Fsp3) is 0.543. The molecule has 8 rings (SSSR count). The van der Waals surface area contributed by atoms with Crippen LogP contribution in [-0.2, 0) is 33.6 Å². The van der Waals surface area contributed by atoms with Crippen LogP contribution in [-0.4, -0.2) is 63.2 Å². The summed E-state index contributed by atoms with van der Waals surface area (Å²) in [6.07, 6.45) is 6.71. The van der Waals surface area contributed by atoms with E-state index in [1.165, 1.54) is 12.1 Å². The van der Waals surface area contributed by atoms with Gasteiger partial charge in [-0.05, 0) is 125 Å². The first kappa shape index (κ1) is 40.8. The Hall–Kier alpha value is -3.37. The second-order valence-corrected chi connectivity index (χ2v) is 19.4. The summed E-state index contributed by atoms with van der Waals surface area (Å²) in [7, 11) is 0. The molecule has 1 amide bonds. The molecule has 6 atom stereocenters. The molecule has 0 unspecified atom stereocenters. The molecular weight excluding hydrogens is 749 g/mol. The Balaban J connectivity index is 1.30. The molecule has 1 aliphatic heterocycles. The summed E-state index contributed by atoms with van der Waals surface area (Å²) in [6, 6.07) is 14.2. The van der Waals surface area contributed by atoms with Crippen LogP contribution in [0, 0.1) is 22.1 Å². The summed E-state index contributed by atoms with van der Waals surface area (Å²) in [4.78, 5) is 45.7. The van der Waals surface area contributed by atoms with Gasteiger partial charge in [0, 0.05) is 44.8 Å². The number of aliphatic hydroxyl groups is 2. The summed E-state index contributed by atoms with van der Waals surface area (Å²) in [5, 5.41) is 26.5. The first-order valence-electron chi connectivity index (χ1n) is 20.1. The summed E-state index contributed by atoms with van der Waals surface area (Å²) in [5.41, 5.74) is -1.75. The molecule has 1 saturated heterocycles. The standard InChI is InChI=1S/C46H55ClFNO6S/c1-29-9-7-19-43(4)36(33-16-14-30(25-31(50)15-13-29)26-34(33)39(51)27-35-37(47)11-6-12-38(35)48)17-20-45(43,54)28-49(23-18-32-10-8-24-56-32)40(52)46-22-21-44(5,41(53)55-46)42(46,2)3/h6,8-12,14,16,24,26,31,36,50,54H,7,13,15,17-23,25,27-28H2,1-5H3/t31-,36-,43-,44-,45+,46+/m0/s1. The van der Waals surface area contributed by atoms with Crippen LogP contribution >= 0.6 is 22.9 Å². The minimum absolute atomic E-state index is 0.0391. The largest absolute Gasteiger partial charge is 0.448 e. The van der Waals surface area contributed by atoms with Gasteiger partial charge in [0.1, 0.15) is 5.82 Å². The van der Waals surface area contributed by atoms with E-state index in [1.807, 2.05) is 56.5 Å². The van der Waals surface area contributed by atoms with Gasteiger partial charge < -0.3 is 19.8 Å². The number of ether oxygens (including phenoxy) is 1. The van der Waals surface area contributed by atoms with E-state index < -0.39 is 39.4 Å². The molecule has 5 aliphatic rings. The summed E-state index contributed by atoms with van der Waals surface area (Å²) < 4.78 is 21.2. The third-order valence-corrected chi connectivity index (χ3v) is 16.0. The van der Waals surface area contributed by atoms with E-state index in [-0.39, 0.29) is 47.1 Å². The molecule has 2 saturated carbocycles. The minimum atomic E-state index is -1.38. The fourth-order valence-electron chi connectivity index (χ4n) is 10.4. The number of fused-ring (bicyclic) bond motifs is 10. The number of amides is 1. The van der Waals surface area contributed by atoms with E-state index >= 15 is 9.18 Å². The number of hydrogen-bond acceptors (Lipinski definition) is 7. The van der Waals surface area contributed by atoms with Crippen LogP contribution in [0.25, 0.3) is 0 Å². The van der Waals surface area contributed by atoms with Crippen molar-refractivity contribution < 1.29 is 33.7 Å². The summed E-state index contributed by atoms with van der Waals surface area (Å²) in [6.45, 7) is 10.4. The smallest absolute Gasteiger partial charge is 0.313 e. The van der Waals surface area contributed by atoms with E-state index in [4.69, 9.17) is 16.3 Å². The van der Waals surface area contributed by atoms with Crippen LogP contribution in [0.1, 0.15) is 124 Å². The second kappa shape index (κ2) is 15.1. The van der Waals surface area contributed by atoms with Crippen LogP contribution in [0.2, 0.25) is 5.02 Å². The number of carbonyl (C=O) groups excluding carboxylic acids is 3. The average molecular weight is 804 g/mol. The summed E-state index contributed by atoms with van der Waals surface area (Å²) >= 11 is 8.04. The lowest BCUT2D eigenvalue weighted by Crippen LogP contribution is -2.60. The number of nitrogens with zero attached hydrogens (tertiary/aromatic N) is 1. The van der Waals surface area contributed by atoms with Crippen LogP contribution in [0.15, 0.2) is 65.6 Å². The van der Waals surface area contributed by atoms with Gasteiger partial charge in [0.2, 0.25) is 0 Å². The van der Waals surface area contributed by atoms with Crippen molar-refractivity contribution in [2.75, 3.05) is 13.1 Å². The van der Waals surface area contributed by atoms with E-state index in [9.17, 15) is 19.8 Å². The van der Waals surface area contributed by atoms with Crippen molar-refractivity contribution in [3.05, 3.63) is 104 Å². The molecule has 2 aromatic carbocycles. The predicted molar refractivity (Wildman–Crippen MR) is 217 cm³/mol. The van der Waals surface area contributed by atoms with E-state index in [2.05, 4.69) is 19.9 Å². The van der Waals surface area contributed by atoms with Crippen LogP contribution < -0.4 is 0 Å². The van der Waals surface area contributed by atoms with Gasteiger partial charge in [0.25, 0.3) is 5.91 Å². The maximum atomic E-state index is 15.1. The van der Waals surface area contributed by atoms with Crippen molar-refractivity contribution in [2.45, 2.75) is 128 Å². The number of aliphatic hydroxyl groups excluding tert-OH is 1. The van der Waals surface area contributed by atoms with Crippen LogP contribution in [0.5, 0.6) is 0 Å². The molecule has 300 valence electrons. The lowest BCUT2D eigenvalue weighted by atomic mass is 9.64.